The lowest BCUT2D eigenvalue weighted by Gasteiger charge is -2.22. The Kier molecular flexibility index (Phi) is 6.91. The third-order valence-electron chi connectivity index (χ3n) is 10.1. The van der Waals surface area contributed by atoms with Gasteiger partial charge >= 0.3 is 0 Å². The maximum absolute atomic E-state index is 14.9. The highest BCUT2D eigenvalue weighted by molar-refractivity contribution is 6.11. The molecule has 0 saturated heterocycles. The van der Waals surface area contributed by atoms with E-state index in [0.717, 1.165) is 61.4 Å². The van der Waals surface area contributed by atoms with E-state index in [9.17, 15) is 8.78 Å². The number of aromatic nitrogens is 2. The molecule has 49 heavy (non-hydrogen) atoms. The summed E-state index contributed by atoms with van der Waals surface area (Å²) in [5.74, 6) is -1.20. The Morgan fingerprint density at radius 3 is 1.47 bits per heavy atom. The molecule has 0 saturated carbocycles. The molecule has 0 bridgehead atoms. The first-order chi connectivity index (χ1) is 23.3. The first-order valence-corrected chi connectivity index (χ1v) is 17.0. The number of fused-ring (bicyclic) bond motifs is 6. The van der Waals surface area contributed by atoms with Crippen LogP contribution in [-0.2, 0) is 10.8 Å². The second-order valence-corrected chi connectivity index (χ2v) is 15.4. The summed E-state index contributed by atoms with van der Waals surface area (Å²) >= 11 is 0. The molecular weight excluding hydrogens is 607 g/mol. The van der Waals surface area contributed by atoms with E-state index in [0.29, 0.717) is 5.56 Å². The monoisotopic (exact) mass is 646 g/mol. The van der Waals surface area contributed by atoms with E-state index >= 15 is 0 Å². The quantitative estimate of drug-likeness (QED) is 0.181. The molecule has 0 fully saturated rings. The molecule has 4 heteroatoms. The molecule has 0 atom stereocenters. The second-order valence-electron chi connectivity index (χ2n) is 15.4. The zero-order chi connectivity index (χ0) is 34.4. The van der Waals surface area contributed by atoms with Crippen molar-refractivity contribution in [3.8, 4) is 22.5 Å². The Bertz CT molecular complexity index is 2580. The first kappa shape index (κ1) is 31.1. The summed E-state index contributed by atoms with van der Waals surface area (Å²) in [6.45, 7) is 15.6. The van der Waals surface area contributed by atoms with Gasteiger partial charge in [0.05, 0.1) is 33.4 Å². The Labute approximate surface area is 286 Å². The van der Waals surface area contributed by atoms with Gasteiger partial charge in [0.1, 0.15) is 11.6 Å². The van der Waals surface area contributed by atoms with Gasteiger partial charge in [0, 0.05) is 33.2 Å². The van der Waals surface area contributed by atoms with Crippen LogP contribution >= 0.6 is 0 Å². The van der Waals surface area contributed by atoms with Crippen LogP contribution in [0, 0.1) is 18.6 Å². The van der Waals surface area contributed by atoms with E-state index in [-0.39, 0.29) is 10.8 Å². The number of hydrogen-bond donors (Lipinski definition) is 0. The highest BCUT2D eigenvalue weighted by Crippen LogP contribution is 2.43. The fourth-order valence-corrected chi connectivity index (χ4v) is 7.54. The van der Waals surface area contributed by atoms with Crippen LogP contribution in [0.2, 0.25) is 0 Å². The van der Waals surface area contributed by atoms with E-state index in [4.69, 9.17) is 0 Å². The fourth-order valence-electron chi connectivity index (χ4n) is 7.54. The molecule has 244 valence electrons. The van der Waals surface area contributed by atoms with Crippen molar-refractivity contribution in [2.24, 2.45) is 0 Å². The molecule has 8 rings (SSSR count). The average Bonchev–Trinajstić information content (AvgIpc) is 3.55. The van der Waals surface area contributed by atoms with Crippen molar-refractivity contribution >= 4 is 43.6 Å². The van der Waals surface area contributed by atoms with E-state index in [1.807, 2.05) is 6.07 Å². The van der Waals surface area contributed by atoms with Gasteiger partial charge in [0.2, 0.25) is 0 Å². The molecule has 0 aliphatic heterocycles. The molecule has 0 radical (unpaired) electrons. The molecule has 8 aromatic rings. The zero-order valence-electron chi connectivity index (χ0n) is 29.1. The van der Waals surface area contributed by atoms with Gasteiger partial charge in [-0.25, -0.2) is 8.78 Å². The summed E-state index contributed by atoms with van der Waals surface area (Å²) < 4.78 is 34.4. The Morgan fingerprint density at radius 1 is 0.469 bits per heavy atom. The summed E-state index contributed by atoms with van der Waals surface area (Å²) in [5.41, 5.74) is 11.0. The van der Waals surface area contributed by atoms with Crippen LogP contribution in [-0.4, -0.2) is 9.13 Å². The molecule has 0 aliphatic rings. The number of hydrogen-bond acceptors (Lipinski definition) is 0. The van der Waals surface area contributed by atoms with Crippen LogP contribution in [0.5, 0.6) is 0 Å². The van der Waals surface area contributed by atoms with Crippen molar-refractivity contribution in [3.05, 3.63) is 144 Å². The SMILES string of the molecule is Cc1c(-n2c3ccccc3c3cc(C(C)(C)C)ccc32)ccc(-c2cc(F)cc(F)c2)c1-n1c2ccccc2c2cc(C(C)(C)C)ccc21. The molecule has 0 amide bonds. The van der Waals surface area contributed by atoms with Gasteiger partial charge in [0.25, 0.3) is 0 Å². The zero-order valence-corrected chi connectivity index (χ0v) is 29.1. The topological polar surface area (TPSA) is 9.86 Å². The molecular formula is C45H40F2N2. The molecule has 0 N–H and O–H groups in total. The van der Waals surface area contributed by atoms with Gasteiger partial charge in [-0.3, -0.25) is 0 Å². The van der Waals surface area contributed by atoms with E-state index in [1.54, 1.807) is 0 Å². The maximum atomic E-state index is 14.9. The summed E-state index contributed by atoms with van der Waals surface area (Å²) in [6, 6.07) is 38.4. The lowest BCUT2D eigenvalue weighted by atomic mass is 9.86. The predicted octanol–water partition coefficient (Wildman–Crippen LogP) is 12.7. The van der Waals surface area contributed by atoms with E-state index < -0.39 is 11.6 Å². The highest BCUT2D eigenvalue weighted by Gasteiger charge is 2.24. The number of halogens is 2. The largest absolute Gasteiger partial charge is 0.309 e. The molecule has 2 nitrogen and oxygen atoms in total. The van der Waals surface area contributed by atoms with Crippen LogP contribution in [0.15, 0.2) is 115 Å². The number of nitrogens with zero attached hydrogens (tertiary/aromatic N) is 2. The lowest BCUT2D eigenvalue weighted by Crippen LogP contribution is -2.11. The van der Waals surface area contributed by atoms with Gasteiger partial charge in [0.15, 0.2) is 0 Å². The lowest BCUT2D eigenvalue weighted by molar-refractivity contribution is 0.584. The number of rotatable bonds is 3. The molecule has 0 spiro atoms. The summed E-state index contributed by atoms with van der Waals surface area (Å²) in [7, 11) is 0. The molecule has 2 heterocycles. The number of benzene rings is 6. The molecule has 6 aromatic carbocycles. The van der Waals surface area contributed by atoms with E-state index in [1.165, 1.54) is 34.0 Å². The first-order valence-electron chi connectivity index (χ1n) is 17.0. The second kappa shape index (κ2) is 10.9. The maximum Gasteiger partial charge on any atom is 0.126 e. The van der Waals surface area contributed by atoms with Gasteiger partial charge in [-0.15, -0.1) is 0 Å². The molecule has 2 aromatic heterocycles. The minimum Gasteiger partial charge on any atom is -0.309 e. The normalized spacial score (nSPS) is 12.6. The van der Waals surface area contributed by atoms with Crippen LogP contribution < -0.4 is 0 Å². The van der Waals surface area contributed by atoms with Crippen LogP contribution in [0.25, 0.3) is 66.1 Å². The van der Waals surface area contributed by atoms with Crippen molar-refractivity contribution in [3.63, 3.8) is 0 Å². The number of para-hydroxylation sites is 2. The van der Waals surface area contributed by atoms with E-state index in [2.05, 4.69) is 149 Å². The third kappa shape index (κ3) is 4.96. The third-order valence-corrected chi connectivity index (χ3v) is 10.1. The minimum absolute atomic E-state index is 0.00570. The van der Waals surface area contributed by atoms with Crippen molar-refractivity contribution in [1.29, 1.82) is 0 Å². The Hall–Kier alpha value is -5.22. The molecule has 0 unspecified atom stereocenters. The highest BCUT2D eigenvalue weighted by atomic mass is 19.1. The van der Waals surface area contributed by atoms with Crippen molar-refractivity contribution in [2.75, 3.05) is 0 Å². The van der Waals surface area contributed by atoms with Crippen molar-refractivity contribution in [1.82, 2.24) is 9.13 Å². The summed E-state index contributed by atoms with van der Waals surface area (Å²) in [4.78, 5) is 0. The summed E-state index contributed by atoms with van der Waals surface area (Å²) in [5, 5.41) is 4.67. The van der Waals surface area contributed by atoms with Crippen LogP contribution in [0.3, 0.4) is 0 Å². The van der Waals surface area contributed by atoms with Gasteiger partial charge in [-0.05, 0) is 94.6 Å². The standard InChI is InChI=1S/C45H40F2N2/c1-27-38(48-39-14-10-8-12-34(39)36-24-29(44(2,3)4)16-19-41(36)48)21-18-33(28-22-31(46)26-32(47)23-28)43(27)49-40-15-11-9-13-35(40)37-25-30(45(5,6)7)17-20-42(37)49/h8-26H,1-7H3. The van der Waals surface area contributed by atoms with Crippen molar-refractivity contribution < 1.29 is 8.78 Å². The minimum atomic E-state index is -0.600. The van der Waals surface area contributed by atoms with Crippen LogP contribution in [0.4, 0.5) is 8.78 Å². The van der Waals surface area contributed by atoms with Crippen molar-refractivity contribution in [2.45, 2.75) is 59.3 Å². The smallest absolute Gasteiger partial charge is 0.126 e. The Balaban J connectivity index is 1.51. The van der Waals surface area contributed by atoms with Gasteiger partial charge in [-0.1, -0.05) is 96.1 Å². The average molecular weight is 647 g/mol. The van der Waals surface area contributed by atoms with Crippen LogP contribution in [0.1, 0.15) is 58.2 Å². The summed E-state index contributed by atoms with van der Waals surface area (Å²) in [6.07, 6.45) is 0. The fraction of sp³-hybridized carbons (Fsp3) is 0.200. The molecule has 0 aliphatic carbocycles. The Morgan fingerprint density at radius 2 is 0.939 bits per heavy atom. The predicted molar refractivity (Wildman–Crippen MR) is 203 cm³/mol. The van der Waals surface area contributed by atoms with Gasteiger partial charge < -0.3 is 9.13 Å². The van der Waals surface area contributed by atoms with Gasteiger partial charge in [-0.2, -0.15) is 0 Å².